The van der Waals surface area contributed by atoms with Gasteiger partial charge >= 0.3 is 5.97 Å². The summed E-state index contributed by atoms with van der Waals surface area (Å²) >= 11 is 0. The fourth-order valence-corrected chi connectivity index (χ4v) is 3.64. The summed E-state index contributed by atoms with van der Waals surface area (Å²) in [6.45, 7) is 5.87. The van der Waals surface area contributed by atoms with Gasteiger partial charge in [-0.15, -0.1) is 0 Å². The summed E-state index contributed by atoms with van der Waals surface area (Å²) in [4.78, 5) is 11.5. The molecule has 0 amide bonds. The van der Waals surface area contributed by atoms with Crippen LogP contribution in [0.15, 0.2) is 47.4 Å². The number of hydrogen-bond donors (Lipinski definition) is 3. The third-order valence-electron chi connectivity index (χ3n) is 3.91. The van der Waals surface area contributed by atoms with Crippen molar-refractivity contribution < 1.29 is 23.1 Å². The summed E-state index contributed by atoms with van der Waals surface area (Å²) in [6.07, 6.45) is 0.499. The van der Waals surface area contributed by atoms with E-state index in [4.69, 9.17) is 4.74 Å². The van der Waals surface area contributed by atoms with Gasteiger partial charge in [-0.3, -0.25) is 0 Å². The lowest BCUT2D eigenvalue weighted by Crippen LogP contribution is -2.28. The van der Waals surface area contributed by atoms with Crippen molar-refractivity contribution in [2.45, 2.75) is 37.6 Å². The van der Waals surface area contributed by atoms with Crippen LogP contribution in [0.5, 0.6) is 5.75 Å². The van der Waals surface area contributed by atoms with Gasteiger partial charge in [0, 0.05) is 17.8 Å². The van der Waals surface area contributed by atoms with Crippen LogP contribution in [0.4, 0.5) is 5.69 Å². The van der Waals surface area contributed by atoms with Crippen LogP contribution < -0.4 is 14.8 Å². The number of carbonyl (C=O) groups is 1. The van der Waals surface area contributed by atoms with Gasteiger partial charge < -0.3 is 15.2 Å². The van der Waals surface area contributed by atoms with Crippen molar-refractivity contribution in [2.24, 2.45) is 0 Å². The van der Waals surface area contributed by atoms with Crippen molar-refractivity contribution in [3.05, 3.63) is 53.6 Å². The van der Waals surface area contributed by atoms with Gasteiger partial charge in [-0.05, 0) is 63.1 Å². The predicted octanol–water partition coefficient (Wildman–Crippen LogP) is 3.12. The third kappa shape index (κ3) is 5.97. The number of carboxylic acids is 1. The van der Waals surface area contributed by atoms with Crippen molar-refractivity contribution in [3.8, 4) is 5.75 Å². The molecule has 0 radical (unpaired) electrons. The first kappa shape index (κ1) is 21.7. The Kier molecular flexibility index (Phi) is 6.69. The monoisotopic (exact) mass is 406 g/mol. The average Bonchev–Trinajstić information content (AvgIpc) is 2.60. The highest BCUT2D eigenvalue weighted by Gasteiger charge is 2.21. The Balaban J connectivity index is 2.13. The minimum Gasteiger partial charge on any atom is -0.497 e. The number of carboxylic acid groups (broad SMARTS) is 1. The highest BCUT2D eigenvalue weighted by molar-refractivity contribution is 7.89. The maximum absolute atomic E-state index is 12.5. The number of methoxy groups -OCH3 is 1. The molecule has 8 heteroatoms. The average molecular weight is 407 g/mol. The molecule has 0 aliphatic heterocycles. The van der Waals surface area contributed by atoms with E-state index in [9.17, 15) is 18.3 Å². The molecule has 0 saturated heterocycles. The lowest BCUT2D eigenvalue weighted by Gasteiger charge is -2.23. The number of aromatic carboxylic acids is 1. The zero-order valence-corrected chi connectivity index (χ0v) is 17.3. The molecule has 7 nitrogen and oxygen atoms in total. The first-order chi connectivity index (χ1) is 13.0. The van der Waals surface area contributed by atoms with Crippen LogP contribution in [-0.2, 0) is 16.4 Å². The molecule has 0 saturated carbocycles. The van der Waals surface area contributed by atoms with Gasteiger partial charge in [-0.1, -0.05) is 12.1 Å². The number of benzene rings is 2. The topological polar surface area (TPSA) is 105 Å². The Labute approximate surface area is 165 Å². The van der Waals surface area contributed by atoms with E-state index in [1.54, 1.807) is 7.11 Å². The summed E-state index contributed by atoms with van der Waals surface area (Å²) < 4.78 is 32.7. The summed E-state index contributed by atoms with van der Waals surface area (Å²) in [5.41, 5.74) is 0.880. The molecule has 2 rings (SSSR count). The standard InChI is InChI=1S/C20H26N2O5S/c1-20(2,3)22-18-10-9-16(13-17(18)19(23)24)28(25,26)21-12-11-14-5-7-15(27-4)8-6-14/h5-10,13,21-22H,11-12H2,1-4H3,(H,23,24). The highest BCUT2D eigenvalue weighted by Crippen LogP contribution is 2.24. The molecule has 0 heterocycles. The molecule has 2 aromatic carbocycles. The minimum atomic E-state index is -3.83. The molecule has 0 aromatic heterocycles. The predicted molar refractivity (Wildman–Crippen MR) is 109 cm³/mol. The van der Waals surface area contributed by atoms with E-state index < -0.39 is 16.0 Å². The smallest absolute Gasteiger partial charge is 0.337 e. The first-order valence-corrected chi connectivity index (χ1v) is 10.3. The van der Waals surface area contributed by atoms with E-state index in [0.29, 0.717) is 12.1 Å². The molecule has 3 N–H and O–H groups in total. The van der Waals surface area contributed by atoms with Crippen molar-refractivity contribution in [3.63, 3.8) is 0 Å². The van der Waals surface area contributed by atoms with E-state index in [2.05, 4.69) is 10.0 Å². The van der Waals surface area contributed by atoms with Gasteiger partial charge in [0.2, 0.25) is 10.0 Å². The maximum atomic E-state index is 12.5. The molecular formula is C20H26N2O5S. The molecule has 0 fully saturated rings. The fourth-order valence-electron chi connectivity index (χ4n) is 2.59. The molecular weight excluding hydrogens is 380 g/mol. The van der Waals surface area contributed by atoms with Crippen molar-refractivity contribution in [1.29, 1.82) is 0 Å². The summed E-state index contributed by atoms with van der Waals surface area (Å²) in [5, 5.41) is 12.5. The van der Waals surface area contributed by atoms with Crippen molar-refractivity contribution >= 4 is 21.7 Å². The second kappa shape index (κ2) is 8.62. The number of nitrogens with one attached hydrogen (secondary N) is 2. The van der Waals surface area contributed by atoms with Crippen LogP contribution in [-0.4, -0.2) is 38.7 Å². The second-order valence-corrected chi connectivity index (χ2v) is 9.15. The number of hydrogen-bond acceptors (Lipinski definition) is 5. The Morgan fingerprint density at radius 3 is 2.29 bits per heavy atom. The van der Waals surface area contributed by atoms with Crippen molar-refractivity contribution in [1.82, 2.24) is 4.72 Å². The Morgan fingerprint density at radius 1 is 1.11 bits per heavy atom. The zero-order chi connectivity index (χ0) is 20.9. The largest absolute Gasteiger partial charge is 0.497 e. The van der Waals surface area contributed by atoms with E-state index in [-0.39, 0.29) is 22.5 Å². The molecule has 2 aromatic rings. The van der Waals surface area contributed by atoms with Gasteiger partial charge in [0.25, 0.3) is 0 Å². The van der Waals surface area contributed by atoms with Gasteiger partial charge in [0.15, 0.2) is 0 Å². The molecule has 0 aliphatic carbocycles. The van der Waals surface area contributed by atoms with Crippen LogP contribution in [0.25, 0.3) is 0 Å². The molecule has 0 aliphatic rings. The van der Waals surface area contributed by atoms with E-state index in [1.807, 2.05) is 45.0 Å². The maximum Gasteiger partial charge on any atom is 0.337 e. The van der Waals surface area contributed by atoms with Crippen LogP contribution in [0, 0.1) is 0 Å². The van der Waals surface area contributed by atoms with E-state index in [1.165, 1.54) is 18.2 Å². The lowest BCUT2D eigenvalue weighted by molar-refractivity contribution is 0.0697. The Hall–Kier alpha value is -2.58. The fraction of sp³-hybridized carbons (Fsp3) is 0.350. The summed E-state index contributed by atoms with van der Waals surface area (Å²) in [5.74, 6) is -0.462. The lowest BCUT2D eigenvalue weighted by atomic mass is 10.1. The number of rotatable bonds is 8. The van der Waals surface area contributed by atoms with Gasteiger partial charge in [-0.2, -0.15) is 0 Å². The SMILES string of the molecule is COc1ccc(CCNS(=O)(=O)c2ccc(NC(C)(C)C)c(C(=O)O)c2)cc1. The van der Waals surface area contributed by atoms with Crippen LogP contribution >= 0.6 is 0 Å². The highest BCUT2D eigenvalue weighted by atomic mass is 32.2. The minimum absolute atomic E-state index is 0.0842. The molecule has 0 bridgehead atoms. The van der Waals surface area contributed by atoms with Gasteiger partial charge in [0.05, 0.1) is 17.6 Å². The molecule has 152 valence electrons. The molecule has 0 spiro atoms. The zero-order valence-electron chi connectivity index (χ0n) is 16.4. The molecule has 0 atom stereocenters. The van der Waals surface area contributed by atoms with E-state index in [0.717, 1.165) is 11.3 Å². The molecule has 28 heavy (non-hydrogen) atoms. The second-order valence-electron chi connectivity index (χ2n) is 7.38. The molecule has 0 unspecified atom stereocenters. The normalized spacial score (nSPS) is 11.9. The first-order valence-electron chi connectivity index (χ1n) is 8.80. The quantitative estimate of drug-likeness (QED) is 0.622. The van der Waals surface area contributed by atoms with Crippen LogP contribution in [0.3, 0.4) is 0 Å². The van der Waals surface area contributed by atoms with Gasteiger partial charge in [-0.25, -0.2) is 17.9 Å². The number of sulfonamides is 1. The number of ether oxygens (including phenoxy) is 1. The van der Waals surface area contributed by atoms with Crippen LogP contribution in [0.2, 0.25) is 0 Å². The third-order valence-corrected chi connectivity index (χ3v) is 5.36. The Bertz CT molecular complexity index is 932. The Morgan fingerprint density at radius 2 is 1.75 bits per heavy atom. The summed E-state index contributed by atoms with van der Waals surface area (Å²) in [6, 6.07) is 11.4. The summed E-state index contributed by atoms with van der Waals surface area (Å²) in [7, 11) is -2.25. The van der Waals surface area contributed by atoms with Gasteiger partial charge in [0.1, 0.15) is 5.75 Å². The van der Waals surface area contributed by atoms with E-state index >= 15 is 0 Å². The van der Waals surface area contributed by atoms with Crippen molar-refractivity contribution in [2.75, 3.05) is 19.0 Å². The van der Waals surface area contributed by atoms with Crippen LogP contribution in [0.1, 0.15) is 36.7 Å². The number of anilines is 1.